The van der Waals surface area contributed by atoms with Crippen molar-refractivity contribution in [3.63, 3.8) is 0 Å². The Labute approximate surface area is 154 Å². The molecule has 1 aromatic heterocycles. The van der Waals surface area contributed by atoms with Crippen molar-refractivity contribution in [3.8, 4) is 22.8 Å². The number of nitrogens with one attached hydrogen (secondary N) is 1. The minimum atomic E-state index is -0.663. The minimum absolute atomic E-state index is 0.0422. The highest BCUT2D eigenvalue weighted by Gasteiger charge is 2.13. The van der Waals surface area contributed by atoms with Crippen LogP contribution in [0.5, 0.6) is 11.5 Å². The van der Waals surface area contributed by atoms with Gasteiger partial charge in [0.1, 0.15) is 28.2 Å². The summed E-state index contributed by atoms with van der Waals surface area (Å²) < 4.78 is 11.1. The summed E-state index contributed by atoms with van der Waals surface area (Å²) >= 11 is 0. The average Bonchev–Trinajstić information content (AvgIpc) is 2.64. The zero-order chi connectivity index (χ0) is 19.4. The van der Waals surface area contributed by atoms with Crippen LogP contribution in [0.2, 0.25) is 0 Å². The van der Waals surface area contributed by atoms with Crippen LogP contribution in [-0.2, 0) is 4.79 Å². The van der Waals surface area contributed by atoms with Crippen molar-refractivity contribution in [3.05, 3.63) is 58.8 Å². The summed E-state index contributed by atoms with van der Waals surface area (Å²) in [6.07, 6.45) is -0.663. The van der Waals surface area contributed by atoms with E-state index in [0.29, 0.717) is 5.76 Å². The number of aliphatic hydroxyl groups excluding tert-OH is 1. The Morgan fingerprint density at radius 1 is 1.22 bits per heavy atom. The van der Waals surface area contributed by atoms with E-state index < -0.39 is 12.0 Å². The number of rotatable bonds is 6. The first-order valence-electron chi connectivity index (χ1n) is 8.38. The highest BCUT2D eigenvalue weighted by Crippen LogP contribution is 2.31. The molecule has 3 N–H and O–H groups in total. The predicted octanol–water partition coefficient (Wildman–Crippen LogP) is 2.04. The van der Waals surface area contributed by atoms with Gasteiger partial charge < -0.3 is 24.7 Å². The van der Waals surface area contributed by atoms with E-state index in [1.807, 2.05) is 18.2 Å². The van der Waals surface area contributed by atoms with Gasteiger partial charge in [0.25, 0.3) is 5.91 Å². The maximum absolute atomic E-state index is 12.4. The second-order valence-electron chi connectivity index (χ2n) is 6.10. The van der Waals surface area contributed by atoms with Crippen LogP contribution in [0.4, 0.5) is 0 Å². The van der Waals surface area contributed by atoms with E-state index in [4.69, 9.17) is 14.3 Å². The molecule has 7 heteroatoms. The second-order valence-corrected chi connectivity index (χ2v) is 6.10. The number of carbonyl (C=O) groups is 1. The average molecular weight is 369 g/mol. The molecule has 0 spiro atoms. The summed E-state index contributed by atoms with van der Waals surface area (Å²) in [5, 5.41) is 21.9. The van der Waals surface area contributed by atoms with Gasteiger partial charge in [-0.2, -0.15) is 0 Å². The molecule has 0 saturated heterocycles. The van der Waals surface area contributed by atoms with Gasteiger partial charge >= 0.3 is 0 Å². The van der Waals surface area contributed by atoms with Crippen LogP contribution in [0, 0.1) is 0 Å². The lowest BCUT2D eigenvalue weighted by Crippen LogP contribution is -2.34. The molecule has 0 saturated carbocycles. The van der Waals surface area contributed by atoms with Crippen molar-refractivity contribution in [2.45, 2.75) is 13.0 Å². The molecule has 0 bridgehead atoms. The van der Waals surface area contributed by atoms with Gasteiger partial charge in [0, 0.05) is 30.3 Å². The maximum Gasteiger partial charge on any atom is 0.258 e. The quantitative estimate of drug-likeness (QED) is 0.614. The zero-order valence-electron chi connectivity index (χ0n) is 14.6. The van der Waals surface area contributed by atoms with E-state index >= 15 is 0 Å². The lowest BCUT2D eigenvalue weighted by Gasteiger charge is -2.10. The topological polar surface area (TPSA) is 109 Å². The Morgan fingerprint density at radius 3 is 2.67 bits per heavy atom. The molecular formula is C20H19NO6. The van der Waals surface area contributed by atoms with Crippen LogP contribution in [-0.4, -0.2) is 35.4 Å². The number of hydrogen-bond acceptors (Lipinski definition) is 6. The van der Waals surface area contributed by atoms with E-state index in [2.05, 4.69) is 5.32 Å². The molecule has 1 heterocycles. The second kappa shape index (κ2) is 7.92. The van der Waals surface area contributed by atoms with Gasteiger partial charge in [-0.25, -0.2) is 0 Å². The fraction of sp³-hybridized carbons (Fsp3) is 0.200. The lowest BCUT2D eigenvalue weighted by atomic mass is 10.1. The smallest absolute Gasteiger partial charge is 0.258 e. The Bertz CT molecular complexity index is 1010. The fourth-order valence-corrected chi connectivity index (χ4v) is 2.53. The first-order valence-corrected chi connectivity index (χ1v) is 8.38. The summed E-state index contributed by atoms with van der Waals surface area (Å²) in [7, 11) is 0. The normalized spacial score (nSPS) is 11.9. The number of aromatic hydroxyl groups is 1. The number of carbonyl (C=O) groups excluding carboxylic acids is 1. The summed E-state index contributed by atoms with van der Waals surface area (Å²) in [4.78, 5) is 24.1. The number of aliphatic hydroxyl groups is 1. The van der Waals surface area contributed by atoms with Crippen molar-refractivity contribution in [2.75, 3.05) is 13.2 Å². The largest absolute Gasteiger partial charge is 0.507 e. The molecule has 0 aliphatic carbocycles. The SMILES string of the molecule is C[C@@H](O)CNC(=O)COc1cc(O)c2c(=O)cc(-c3ccccc3)oc2c1. The van der Waals surface area contributed by atoms with E-state index in [1.54, 1.807) is 19.1 Å². The number of benzene rings is 2. The molecule has 0 radical (unpaired) electrons. The molecular weight excluding hydrogens is 350 g/mol. The van der Waals surface area contributed by atoms with Crippen LogP contribution < -0.4 is 15.5 Å². The first kappa shape index (κ1) is 18.5. The van der Waals surface area contributed by atoms with Gasteiger partial charge in [-0.05, 0) is 6.92 Å². The standard InChI is InChI=1S/C20H19NO6/c1-12(22)10-21-19(25)11-26-14-7-15(23)20-16(24)9-17(27-18(20)8-14)13-5-3-2-4-6-13/h2-9,12,22-23H,10-11H2,1H3,(H,21,25)/t12-/m1/s1. The molecule has 7 nitrogen and oxygen atoms in total. The molecule has 27 heavy (non-hydrogen) atoms. The van der Waals surface area contributed by atoms with Crippen molar-refractivity contribution in [1.29, 1.82) is 0 Å². The highest BCUT2D eigenvalue weighted by atomic mass is 16.5. The number of fused-ring (bicyclic) bond motifs is 1. The zero-order valence-corrected chi connectivity index (χ0v) is 14.6. The molecule has 3 aromatic rings. The Morgan fingerprint density at radius 2 is 1.96 bits per heavy atom. The predicted molar refractivity (Wildman–Crippen MR) is 99.8 cm³/mol. The van der Waals surface area contributed by atoms with Gasteiger partial charge in [-0.1, -0.05) is 30.3 Å². The molecule has 0 aliphatic rings. The van der Waals surface area contributed by atoms with Crippen molar-refractivity contribution in [1.82, 2.24) is 5.32 Å². The fourth-order valence-electron chi connectivity index (χ4n) is 2.53. The molecule has 140 valence electrons. The Kier molecular flexibility index (Phi) is 5.42. The van der Waals surface area contributed by atoms with E-state index in [-0.39, 0.29) is 41.0 Å². The third-order valence-electron chi connectivity index (χ3n) is 3.81. The monoisotopic (exact) mass is 369 g/mol. The van der Waals surface area contributed by atoms with Gasteiger partial charge in [0.2, 0.25) is 0 Å². The minimum Gasteiger partial charge on any atom is -0.507 e. The van der Waals surface area contributed by atoms with Crippen LogP contribution in [0.1, 0.15) is 6.92 Å². The lowest BCUT2D eigenvalue weighted by molar-refractivity contribution is -0.123. The third kappa shape index (κ3) is 4.45. The number of phenolic OH excluding ortho intramolecular Hbond substituents is 1. The Hall–Kier alpha value is -3.32. The Balaban J connectivity index is 1.88. The summed E-state index contributed by atoms with van der Waals surface area (Å²) in [5.74, 6) is -0.171. The summed E-state index contributed by atoms with van der Waals surface area (Å²) in [6, 6.07) is 13.1. The van der Waals surface area contributed by atoms with E-state index in [0.717, 1.165) is 5.56 Å². The molecule has 0 unspecified atom stereocenters. The van der Waals surface area contributed by atoms with Crippen molar-refractivity contribution >= 4 is 16.9 Å². The van der Waals surface area contributed by atoms with Gasteiger partial charge in [0.15, 0.2) is 12.0 Å². The van der Waals surface area contributed by atoms with Crippen LogP contribution in [0.15, 0.2) is 57.7 Å². The van der Waals surface area contributed by atoms with E-state index in [1.165, 1.54) is 18.2 Å². The number of amides is 1. The number of ether oxygens (including phenoxy) is 1. The highest BCUT2D eigenvalue weighted by molar-refractivity contribution is 5.86. The number of phenols is 1. The maximum atomic E-state index is 12.4. The molecule has 1 amide bonds. The van der Waals surface area contributed by atoms with Crippen LogP contribution in [0.25, 0.3) is 22.3 Å². The summed E-state index contributed by atoms with van der Waals surface area (Å²) in [5.41, 5.74) is 0.495. The van der Waals surface area contributed by atoms with Crippen molar-refractivity contribution < 1.29 is 24.2 Å². The number of hydrogen-bond donors (Lipinski definition) is 3. The third-order valence-corrected chi connectivity index (χ3v) is 3.81. The van der Waals surface area contributed by atoms with Gasteiger partial charge in [-0.3, -0.25) is 9.59 Å². The first-order chi connectivity index (χ1) is 12.9. The van der Waals surface area contributed by atoms with Crippen LogP contribution in [0.3, 0.4) is 0 Å². The van der Waals surface area contributed by atoms with Gasteiger partial charge in [0.05, 0.1) is 6.10 Å². The van der Waals surface area contributed by atoms with E-state index in [9.17, 15) is 14.7 Å². The summed E-state index contributed by atoms with van der Waals surface area (Å²) in [6.45, 7) is 1.36. The van der Waals surface area contributed by atoms with Gasteiger partial charge in [-0.15, -0.1) is 0 Å². The van der Waals surface area contributed by atoms with Crippen molar-refractivity contribution in [2.24, 2.45) is 0 Å². The molecule has 1 atom stereocenters. The van der Waals surface area contributed by atoms with Crippen LogP contribution >= 0.6 is 0 Å². The molecule has 0 fully saturated rings. The molecule has 0 aliphatic heterocycles. The molecule has 2 aromatic carbocycles. The molecule has 3 rings (SSSR count).